The summed E-state index contributed by atoms with van der Waals surface area (Å²) in [4.78, 5) is 12.5. The molecular weight excluding hydrogens is 382 g/mol. The van der Waals surface area contributed by atoms with E-state index in [1.54, 1.807) is 26.4 Å². The molecule has 25 heavy (non-hydrogen) atoms. The molecule has 2 aromatic rings. The van der Waals surface area contributed by atoms with Crippen molar-refractivity contribution in [1.82, 2.24) is 0 Å². The van der Waals surface area contributed by atoms with Crippen molar-refractivity contribution in [3.8, 4) is 11.5 Å². The Bertz CT molecular complexity index is 688. The van der Waals surface area contributed by atoms with Gasteiger partial charge in [-0.3, -0.25) is 4.79 Å². The zero-order valence-electron chi connectivity index (χ0n) is 14.9. The number of carbonyl (C=O) groups is 1. The Hall–Kier alpha value is -2.01. The van der Waals surface area contributed by atoms with Crippen molar-refractivity contribution in [3.05, 3.63) is 52.0 Å². The van der Waals surface area contributed by atoms with Gasteiger partial charge in [-0.15, -0.1) is 0 Å². The largest absolute Gasteiger partial charge is 0.494 e. The highest BCUT2D eigenvalue weighted by atomic mass is 79.9. The van der Waals surface area contributed by atoms with Crippen molar-refractivity contribution in [3.63, 3.8) is 0 Å². The first kappa shape index (κ1) is 19.3. The second-order valence-corrected chi connectivity index (χ2v) is 6.71. The molecule has 1 amide bonds. The number of methoxy groups -OCH3 is 2. The fourth-order valence-corrected chi connectivity index (χ4v) is 2.86. The average molecular weight is 406 g/mol. The summed E-state index contributed by atoms with van der Waals surface area (Å²) in [7, 11) is 3.19. The van der Waals surface area contributed by atoms with E-state index in [0.29, 0.717) is 22.7 Å². The number of hydrogen-bond acceptors (Lipinski definition) is 3. The number of nitrogens with one attached hydrogen (secondary N) is 1. The number of halogens is 1. The van der Waals surface area contributed by atoms with E-state index in [4.69, 9.17) is 9.47 Å². The second-order valence-electron chi connectivity index (χ2n) is 5.79. The summed E-state index contributed by atoms with van der Waals surface area (Å²) in [5.41, 5.74) is 2.26. The SMILES string of the molecule is CCCCCc1cc(OC)c(NC(=O)c2ccc(Br)cc2)c(OC)c1. The van der Waals surface area contributed by atoms with Crippen LogP contribution in [-0.2, 0) is 6.42 Å². The second kappa shape index (κ2) is 9.47. The maximum Gasteiger partial charge on any atom is 0.255 e. The fraction of sp³-hybridized carbons (Fsp3) is 0.350. The minimum absolute atomic E-state index is 0.206. The van der Waals surface area contributed by atoms with Gasteiger partial charge in [0, 0.05) is 10.0 Å². The highest BCUT2D eigenvalue weighted by Crippen LogP contribution is 2.37. The number of ether oxygens (including phenoxy) is 2. The van der Waals surface area contributed by atoms with Gasteiger partial charge >= 0.3 is 0 Å². The van der Waals surface area contributed by atoms with Crippen LogP contribution in [0.4, 0.5) is 5.69 Å². The predicted molar refractivity (Wildman–Crippen MR) is 105 cm³/mol. The van der Waals surface area contributed by atoms with Crippen LogP contribution in [0.25, 0.3) is 0 Å². The number of rotatable bonds is 8. The maximum absolute atomic E-state index is 12.5. The molecule has 2 aromatic carbocycles. The van der Waals surface area contributed by atoms with Crippen LogP contribution in [0.15, 0.2) is 40.9 Å². The van der Waals surface area contributed by atoms with Crippen LogP contribution in [0.1, 0.15) is 42.1 Å². The smallest absolute Gasteiger partial charge is 0.255 e. The molecule has 134 valence electrons. The van der Waals surface area contributed by atoms with Crippen LogP contribution in [-0.4, -0.2) is 20.1 Å². The molecule has 4 nitrogen and oxygen atoms in total. The van der Waals surface area contributed by atoms with E-state index < -0.39 is 0 Å². The third kappa shape index (κ3) is 5.23. The van der Waals surface area contributed by atoms with Gasteiger partial charge in [-0.05, 0) is 54.8 Å². The molecule has 0 atom stereocenters. The third-order valence-electron chi connectivity index (χ3n) is 3.98. The number of amides is 1. The molecule has 0 aromatic heterocycles. The van der Waals surface area contributed by atoms with Crippen LogP contribution in [0.3, 0.4) is 0 Å². The molecule has 0 saturated carbocycles. The Kier molecular flexibility index (Phi) is 7.31. The van der Waals surface area contributed by atoms with Gasteiger partial charge in [0.2, 0.25) is 0 Å². The van der Waals surface area contributed by atoms with E-state index in [-0.39, 0.29) is 5.91 Å². The number of unbranched alkanes of at least 4 members (excludes halogenated alkanes) is 2. The molecule has 5 heteroatoms. The van der Waals surface area contributed by atoms with Crippen molar-refractivity contribution in [1.29, 1.82) is 0 Å². The normalized spacial score (nSPS) is 10.4. The number of carbonyl (C=O) groups excluding carboxylic acids is 1. The Morgan fingerprint density at radius 1 is 1.04 bits per heavy atom. The van der Waals surface area contributed by atoms with Gasteiger partial charge in [-0.2, -0.15) is 0 Å². The number of anilines is 1. The molecule has 0 spiro atoms. The van der Waals surface area contributed by atoms with E-state index in [1.165, 1.54) is 12.8 Å². The van der Waals surface area contributed by atoms with E-state index in [0.717, 1.165) is 22.9 Å². The van der Waals surface area contributed by atoms with Crippen molar-refractivity contribution in [2.75, 3.05) is 19.5 Å². The lowest BCUT2D eigenvalue weighted by atomic mass is 10.1. The molecule has 0 fully saturated rings. The fourth-order valence-electron chi connectivity index (χ4n) is 2.60. The number of hydrogen-bond donors (Lipinski definition) is 1. The molecule has 0 heterocycles. The van der Waals surface area contributed by atoms with Crippen molar-refractivity contribution in [2.24, 2.45) is 0 Å². The topological polar surface area (TPSA) is 47.6 Å². The van der Waals surface area contributed by atoms with Crippen LogP contribution >= 0.6 is 15.9 Å². The van der Waals surface area contributed by atoms with Gasteiger partial charge in [0.25, 0.3) is 5.91 Å². The standard InChI is InChI=1S/C20H24BrNO3/c1-4-5-6-7-14-12-17(24-2)19(18(13-14)25-3)22-20(23)15-8-10-16(21)11-9-15/h8-13H,4-7H2,1-3H3,(H,22,23). The molecule has 0 bridgehead atoms. The summed E-state index contributed by atoms with van der Waals surface area (Å²) in [5, 5.41) is 2.91. The first-order chi connectivity index (χ1) is 12.1. The average Bonchev–Trinajstić information content (AvgIpc) is 2.63. The molecule has 0 radical (unpaired) electrons. The van der Waals surface area contributed by atoms with Crippen molar-refractivity contribution in [2.45, 2.75) is 32.6 Å². The zero-order chi connectivity index (χ0) is 18.2. The number of aryl methyl sites for hydroxylation is 1. The van der Waals surface area contributed by atoms with Gasteiger partial charge in [-0.1, -0.05) is 35.7 Å². The molecule has 0 aliphatic heterocycles. The van der Waals surface area contributed by atoms with E-state index in [1.807, 2.05) is 24.3 Å². The van der Waals surface area contributed by atoms with Crippen LogP contribution in [0.5, 0.6) is 11.5 Å². The Morgan fingerprint density at radius 2 is 1.64 bits per heavy atom. The zero-order valence-corrected chi connectivity index (χ0v) is 16.5. The maximum atomic E-state index is 12.5. The molecule has 0 saturated heterocycles. The van der Waals surface area contributed by atoms with Gasteiger partial charge in [0.15, 0.2) is 0 Å². The van der Waals surface area contributed by atoms with Crippen LogP contribution in [0.2, 0.25) is 0 Å². The van der Waals surface area contributed by atoms with E-state index >= 15 is 0 Å². The molecule has 1 N–H and O–H groups in total. The lowest BCUT2D eigenvalue weighted by Gasteiger charge is -2.16. The summed E-state index contributed by atoms with van der Waals surface area (Å²) in [5.74, 6) is 1.01. The van der Waals surface area contributed by atoms with Crippen molar-refractivity contribution < 1.29 is 14.3 Å². The molecule has 2 rings (SSSR count). The van der Waals surface area contributed by atoms with Gasteiger partial charge < -0.3 is 14.8 Å². The summed E-state index contributed by atoms with van der Waals surface area (Å²) < 4.78 is 11.9. The van der Waals surface area contributed by atoms with E-state index in [9.17, 15) is 4.79 Å². The van der Waals surface area contributed by atoms with E-state index in [2.05, 4.69) is 28.2 Å². The lowest BCUT2D eigenvalue weighted by molar-refractivity contribution is 0.102. The third-order valence-corrected chi connectivity index (χ3v) is 4.51. The Morgan fingerprint density at radius 3 is 2.16 bits per heavy atom. The van der Waals surface area contributed by atoms with Crippen LogP contribution < -0.4 is 14.8 Å². The minimum atomic E-state index is -0.206. The molecule has 0 aliphatic rings. The monoisotopic (exact) mass is 405 g/mol. The van der Waals surface area contributed by atoms with Crippen LogP contribution in [0, 0.1) is 0 Å². The lowest BCUT2D eigenvalue weighted by Crippen LogP contribution is -2.13. The molecular formula is C20H24BrNO3. The highest BCUT2D eigenvalue weighted by molar-refractivity contribution is 9.10. The summed E-state index contributed by atoms with van der Waals surface area (Å²) in [6.45, 7) is 2.18. The Balaban J connectivity index is 2.26. The highest BCUT2D eigenvalue weighted by Gasteiger charge is 2.16. The summed E-state index contributed by atoms with van der Waals surface area (Å²) in [6, 6.07) is 11.1. The summed E-state index contributed by atoms with van der Waals surface area (Å²) in [6.07, 6.45) is 4.44. The van der Waals surface area contributed by atoms with Gasteiger partial charge in [-0.25, -0.2) is 0 Å². The first-order valence-corrected chi connectivity index (χ1v) is 9.20. The van der Waals surface area contributed by atoms with Gasteiger partial charge in [0.05, 0.1) is 14.2 Å². The number of benzene rings is 2. The van der Waals surface area contributed by atoms with Gasteiger partial charge in [0.1, 0.15) is 17.2 Å². The Labute approximate surface area is 157 Å². The predicted octanol–water partition coefficient (Wildman–Crippen LogP) is 5.45. The minimum Gasteiger partial charge on any atom is -0.494 e. The molecule has 0 aliphatic carbocycles. The first-order valence-electron chi connectivity index (χ1n) is 8.40. The summed E-state index contributed by atoms with van der Waals surface area (Å²) >= 11 is 3.37. The van der Waals surface area contributed by atoms with Crippen molar-refractivity contribution >= 4 is 27.5 Å². The molecule has 0 unspecified atom stereocenters. The quantitative estimate of drug-likeness (QED) is 0.593.